The minimum atomic E-state index is -4.47. The molecule has 0 unspecified atom stereocenters. The van der Waals surface area contributed by atoms with E-state index < -0.39 is 18.5 Å². The van der Waals surface area contributed by atoms with Crippen LogP contribution in [0.4, 0.5) is 17.6 Å². The summed E-state index contributed by atoms with van der Waals surface area (Å²) in [7, 11) is 3.49. The molecule has 0 saturated carbocycles. The number of carbonyl (C=O) groups is 1. The molecule has 4 aromatic rings. The molecule has 1 heterocycles. The molecule has 0 bridgehead atoms. The second kappa shape index (κ2) is 13.5. The molecule has 0 fully saturated rings. The van der Waals surface area contributed by atoms with Gasteiger partial charge in [-0.1, -0.05) is 61.4 Å². The molecule has 216 valence electrons. The number of H-pyrrole nitrogens is 1. The minimum absolute atomic E-state index is 0.0859. The Morgan fingerprint density at radius 1 is 0.878 bits per heavy atom. The van der Waals surface area contributed by atoms with E-state index in [9.17, 15) is 22.4 Å². The van der Waals surface area contributed by atoms with Crippen LogP contribution in [0.1, 0.15) is 55.2 Å². The summed E-state index contributed by atoms with van der Waals surface area (Å²) in [6.07, 6.45) is -1.58. The van der Waals surface area contributed by atoms with Crippen LogP contribution in [0.3, 0.4) is 0 Å². The van der Waals surface area contributed by atoms with Crippen LogP contribution < -0.4 is 4.74 Å². The summed E-state index contributed by atoms with van der Waals surface area (Å²) in [5, 5.41) is 6.39. The molecule has 1 N–H and O–H groups in total. The highest BCUT2D eigenvalue weighted by Gasteiger charge is 2.31. The van der Waals surface area contributed by atoms with Crippen LogP contribution >= 0.6 is 0 Å². The van der Waals surface area contributed by atoms with Crippen molar-refractivity contribution in [1.29, 1.82) is 0 Å². The van der Waals surface area contributed by atoms with Crippen LogP contribution in [0.2, 0.25) is 0 Å². The molecular weight excluding hydrogens is 534 g/mol. The zero-order valence-electron chi connectivity index (χ0n) is 23.1. The molecule has 1 amide bonds. The van der Waals surface area contributed by atoms with Crippen LogP contribution in [0.25, 0.3) is 22.0 Å². The first-order valence-corrected chi connectivity index (χ1v) is 13.5. The van der Waals surface area contributed by atoms with Gasteiger partial charge < -0.3 is 9.64 Å². The lowest BCUT2D eigenvalue weighted by atomic mass is 9.87. The van der Waals surface area contributed by atoms with Crippen LogP contribution in [0.15, 0.2) is 72.8 Å². The quantitative estimate of drug-likeness (QED) is 0.107. The second-order valence-corrected chi connectivity index (χ2v) is 10.1. The SMILES string of the molecule is CN(C)C(=O)CCCCCCOc1ccc(C(=C(CC(F)(F)F)c2ccccc2)c2ccc3n[nH]c(F)c3c2)cc1. The van der Waals surface area contributed by atoms with Gasteiger partial charge in [0, 0.05) is 20.5 Å². The van der Waals surface area contributed by atoms with Crippen molar-refractivity contribution in [3.05, 3.63) is 95.4 Å². The number of halogens is 4. The highest BCUT2D eigenvalue weighted by Crippen LogP contribution is 2.40. The predicted octanol–water partition coefficient (Wildman–Crippen LogP) is 8.03. The maximum atomic E-state index is 14.4. The lowest BCUT2D eigenvalue weighted by Crippen LogP contribution is -2.20. The van der Waals surface area contributed by atoms with Gasteiger partial charge in [0.2, 0.25) is 11.9 Å². The van der Waals surface area contributed by atoms with Crippen LogP contribution in [-0.2, 0) is 4.79 Å². The van der Waals surface area contributed by atoms with Gasteiger partial charge in [0.15, 0.2) is 0 Å². The summed E-state index contributed by atoms with van der Waals surface area (Å²) >= 11 is 0. The Balaban J connectivity index is 1.58. The molecule has 0 aliphatic heterocycles. The van der Waals surface area contributed by atoms with E-state index in [1.54, 1.807) is 85.7 Å². The van der Waals surface area contributed by atoms with Gasteiger partial charge in [0.25, 0.3) is 0 Å². The Morgan fingerprint density at radius 3 is 2.24 bits per heavy atom. The molecule has 3 aromatic carbocycles. The van der Waals surface area contributed by atoms with Crippen LogP contribution in [-0.4, -0.2) is 47.9 Å². The fourth-order valence-corrected chi connectivity index (χ4v) is 4.69. The molecule has 4 rings (SSSR count). The average Bonchev–Trinajstić information content (AvgIpc) is 3.32. The molecule has 0 aliphatic rings. The average molecular weight is 568 g/mol. The zero-order valence-corrected chi connectivity index (χ0v) is 23.1. The van der Waals surface area contributed by atoms with Crippen molar-refractivity contribution < 1.29 is 27.1 Å². The van der Waals surface area contributed by atoms with E-state index in [1.807, 2.05) is 0 Å². The number of benzene rings is 3. The van der Waals surface area contributed by atoms with Crippen molar-refractivity contribution in [2.75, 3.05) is 20.7 Å². The normalized spacial score (nSPS) is 12.3. The van der Waals surface area contributed by atoms with Gasteiger partial charge in [0.1, 0.15) is 5.75 Å². The number of aromatic nitrogens is 2. The van der Waals surface area contributed by atoms with E-state index in [-0.39, 0.29) is 16.9 Å². The molecule has 0 spiro atoms. The van der Waals surface area contributed by atoms with Crippen molar-refractivity contribution in [3.8, 4) is 5.75 Å². The molecule has 9 heteroatoms. The van der Waals surface area contributed by atoms with E-state index in [1.165, 1.54) is 6.07 Å². The van der Waals surface area contributed by atoms with Crippen molar-refractivity contribution in [3.63, 3.8) is 0 Å². The number of ether oxygens (including phenoxy) is 1. The van der Waals surface area contributed by atoms with E-state index in [0.717, 1.165) is 25.7 Å². The van der Waals surface area contributed by atoms with Crippen molar-refractivity contribution in [1.82, 2.24) is 15.1 Å². The van der Waals surface area contributed by atoms with Crippen molar-refractivity contribution >= 4 is 28.0 Å². The third kappa shape index (κ3) is 8.19. The number of rotatable bonds is 12. The summed E-state index contributed by atoms with van der Waals surface area (Å²) in [4.78, 5) is 13.2. The fourth-order valence-electron chi connectivity index (χ4n) is 4.69. The van der Waals surface area contributed by atoms with Gasteiger partial charge in [-0.3, -0.25) is 9.89 Å². The molecule has 0 saturated heterocycles. The Labute approximate surface area is 236 Å². The van der Waals surface area contributed by atoms with Crippen molar-refractivity contribution in [2.45, 2.75) is 44.7 Å². The maximum Gasteiger partial charge on any atom is 0.393 e. The molecule has 1 aromatic heterocycles. The Morgan fingerprint density at radius 2 is 1.56 bits per heavy atom. The number of allylic oxidation sites excluding steroid dienone is 1. The second-order valence-electron chi connectivity index (χ2n) is 10.1. The lowest BCUT2D eigenvalue weighted by Gasteiger charge is -2.19. The zero-order chi connectivity index (χ0) is 29.4. The third-order valence-corrected chi connectivity index (χ3v) is 6.79. The molecule has 0 aliphatic carbocycles. The first-order valence-electron chi connectivity index (χ1n) is 13.5. The summed E-state index contributed by atoms with van der Waals surface area (Å²) < 4.78 is 61.9. The standard InChI is InChI=1S/C32H33F4N3O2/c1-39(2)29(40)12-8-3-4-9-19-41-25-16-13-23(14-17-25)30(24-15-18-28-26(20-24)31(33)38-37-28)27(21-32(34,35)36)22-10-6-5-7-11-22/h5-7,10-11,13-18,20H,3-4,8-9,12,19,21H2,1-2H3,(H,37,38). The molecular formula is C32H33F4N3O2. The summed E-state index contributed by atoms with van der Waals surface area (Å²) in [5.41, 5.74) is 2.25. The topological polar surface area (TPSA) is 58.2 Å². The number of unbranched alkanes of at least 4 members (excludes halogenated alkanes) is 3. The number of hydrogen-bond donors (Lipinski definition) is 1. The predicted molar refractivity (Wildman–Crippen MR) is 153 cm³/mol. The van der Waals surface area contributed by atoms with Gasteiger partial charge in [0.05, 0.1) is 23.9 Å². The number of nitrogens with one attached hydrogen (secondary N) is 1. The van der Waals surface area contributed by atoms with E-state index in [2.05, 4.69) is 10.2 Å². The highest BCUT2D eigenvalue weighted by atomic mass is 19.4. The van der Waals surface area contributed by atoms with Crippen LogP contribution in [0, 0.1) is 5.95 Å². The highest BCUT2D eigenvalue weighted by molar-refractivity contribution is 6.00. The maximum absolute atomic E-state index is 14.4. The molecule has 0 radical (unpaired) electrons. The first-order chi connectivity index (χ1) is 19.6. The number of aromatic amines is 1. The summed E-state index contributed by atoms with van der Waals surface area (Å²) in [5.74, 6) is 0.0749. The summed E-state index contributed by atoms with van der Waals surface area (Å²) in [6.45, 7) is 0.490. The monoisotopic (exact) mass is 567 g/mol. The van der Waals surface area contributed by atoms with E-state index in [0.29, 0.717) is 46.6 Å². The molecule has 41 heavy (non-hydrogen) atoms. The number of alkyl halides is 3. The third-order valence-electron chi connectivity index (χ3n) is 6.79. The van der Waals surface area contributed by atoms with Gasteiger partial charge in [-0.05, 0) is 64.9 Å². The van der Waals surface area contributed by atoms with Gasteiger partial charge in [-0.2, -0.15) is 22.7 Å². The number of hydrogen-bond acceptors (Lipinski definition) is 3. The van der Waals surface area contributed by atoms with Gasteiger partial charge in [-0.25, -0.2) is 0 Å². The Kier molecular flexibility index (Phi) is 9.81. The number of nitrogens with zero attached hydrogens (tertiary/aromatic N) is 2. The summed E-state index contributed by atoms with van der Waals surface area (Å²) in [6, 6.07) is 20.1. The number of carbonyl (C=O) groups excluding carboxylic acids is 1. The lowest BCUT2D eigenvalue weighted by molar-refractivity contribution is -0.128. The minimum Gasteiger partial charge on any atom is -0.494 e. The van der Waals surface area contributed by atoms with E-state index >= 15 is 0 Å². The van der Waals surface area contributed by atoms with Crippen LogP contribution in [0.5, 0.6) is 5.75 Å². The molecule has 5 nitrogen and oxygen atoms in total. The Hall–Kier alpha value is -4.14. The fraction of sp³-hybridized carbons (Fsp3) is 0.312. The Bertz CT molecular complexity index is 1480. The number of amides is 1. The van der Waals surface area contributed by atoms with Gasteiger partial charge in [-0.15, -0.1) is 0 Å². The molecule has 0 atom stereocenters. The van der Waals surface area contributed by atoms with Gasteiger partial charge >= 0.3 is 6.18 Å². The largest absolute Gasteiger partial charge is 0.494 e. The smallest absolute Gasteiger partial charge is 0.393 e. The number of fused-ring (bicyclic) bond motifs is 1. The van der Waals surface area contributed by atoms with Crippen molar-refractivity contribution in [2.24, 2.45) is 0 Å². The van der Waals surface area contributed by atoms with E-state index in [4.69, 9.17) is 4.74 Å². The first kappa shape index (κ1) is 29.8.